The van der Waals surface area contributed by atoms with Crippen LogP contribution in [0.2, 0.25) is 0 Å². The maximum atomic E-state index is 5.75. The number of thioether (sulfide) groups is 1. The van der Waals surface area contributed by atoms with Crippen molar-refractivity contribution in [1.29, 1.82) is 0 Å². The number of hydrogen-bond acceptors (Lipinski definition) is 3. The van der Waals surface area contributed by atoms with Gasteiger partial charge >= 0.3 is 0 Å². The van der Waals surface area contributed by atoms with Gasteiger partial charge in [-0.1, -0.05) is 12.1 Å². The highest BCUT2D eigenvalue weighted by atomic mass is 32.2. The van der Waals surface area contributed by atoms with Crippen LogP contribution < -0.4 is 0 Å². The van der Waals surface area contributed by atoms with Crippen molar-refractivity contribution in [1.82, 2.24) is 4.90 Å². The average molecular weight is 251 g/mol. The van der Waals surface area contributed by atoms with E-state index in [4.69, 9.17) is 4.74 Å². The quantitative estimate of drug-likeness (QED) is 0.766. The van der Waals surface area contributed by atoms with E-state index in [0.29, 0.717) is 12.2 Å². The first-order valence-electron chi connectivity index (χ1n) is 6.18. The van der Waals surface area contributed by atoms with Crippen LogP contribution in [0.15, 0.2) is 29.2 Å². The first-order chi connectivity index (χ1) is 8.17. The zero-order valence-corrected chi connectivity index (χ0v) is 11.7. The van der Waals surface area contributed by atoms with Crippen molar-refractivity contribution in [3.05, 3.63) is 29.8 Å². The summed E-state index contributed by atoms with van der Waals surface area (Å²) < 4.78 is 5.75. The Balaban J connectivity index is 1.95. The molecule has 1 aromatic rings. The molecule has 0 bridgehead atoms. The first kappa shape index (κ1) is 12.9. The zero-order valence-electron chi connectivity index (χ0n) is 10.8. The molecule has 1 saturated heterocycles. The van der Waals surface area contributed by atoms with E-state index in [9.17, 15) is 0 Å². The van der Waals surface area contributed by atoms with Gasteiger partial charge in [-0.3, -0.25) is 4.90 Å². The molecule has 2 nitrogen and oxygen atoms in total. The van der Waals surface area contributed by atoms with E-state index >= 15 is 0 Å². The summed E-state index contributed by atoms with van der Waals surface area (Å²) in [5, 5.41) is 0. The smallest absolute Gasteiger partial charge is 0.0678 e. The number of rotatable bonds is 3. The first-order valence-corrected chi connectivity index (χ1v) is 7.40. The Hall–Kier alpha value is -0.510. The largest absolute Gasteiger partial charge is 0.373 e. The third kappa shape index (κ3) is 3.73. The highest BCUT2D eigenvalue weighted by Gasteiger charge is 2.21. The van der Waals surface area contributed by atoms with Gasteiger partial charge in [-0.05, 0) is 37.8 Å². The molecule has 2 rings (SSSR count). The van der Waals surface area contributed by atoms with E-state index < -0.39 is 0 Å². The minimum atomic E-state index is 0.351. The van der Waals surface area contributed by atoms with Crippen molar-refractivity contribution < 1.29 is 4.74 Å². The molecular weight excluding hydrogens is 230 g/mol. The number of morpholine rings is 1. The number of hydrogen-bond donors (Lipinski definition) is 0. The summed E-state index contributed by atoms with van der Waals surface area (Å²) in [5.74, 6) is 0. The van der Waals surface area contributed by atoms with Crippen LogP contribution in [0.4, 0.5) is 0 Å². The van der Waals surface area contributed by atoms with Gasteiger partial charge in [0.1, 0.15) is 0 Å². The van der Waals surface area contributed by atoms with E-state index in [1.165, 1.54) is 10.5 Å². The van der Waals surface area contributed by atoms with Crippen molar-refractivity contribution in [3.8, 4) is 0 Å². The molecular formula is C14H21NOS. The van der Waals surface area contributed by atoms with Crippen LogP contribution in [0.3, 0.4) is 0 Å². The number of ether oxygens (including phenoxy) is 1. The van der Waals surface area contributed by atoms with Crippen molar-refractivity contribution >= 4 is 11.8 Å². The standard InChI is InChI=1S/C14H21NOS/c1-11-8-15(9-12(2)16-11)10-13-4-6-14(17-3)7-5-13/h4-7,11-12H,8-10H2,1-3H3. The second kappa shape index (κ2) is 5.89. The van der Waals surface area contributed by atoms with Crippen LogP contribution in [-0.2, 0) is 11.3 Å². The summed E-state index contributed by atoms with van der Waals surface area (Å²) in [5.41, 5.74) is 1.39. The Morgan fingerprint density at radius 1 is 1.18 bits per heavy atom. The normalized spacial score (nSPS) is 26.1. The monoisotopic (exact) mass is 251 g/mol. The second-order valence-electron chi connectivity index (χ2n) is 4.80. The fourth-order valence-electron chi connectivity index (χ4n) is 2.40. The molecule has 94 valence electrons. The Labute approximate surface area is 108 Å². The van der Waals surface area contributed by atoms with E-state index in [0.717, 1.165) is 19.6 Å². The third-order valence-electron chi connectivity index (χ3n) is 3.06. The summed E-state index contributed by atoms with van der Waals surface area (Å²) in [7, 11) is 0. The molecule has 1 aliphatic heterocycles. The molecule has 2 atom stereocenters. The van der Waals surface area contributed by atoms with Crippen LogP contribution in [0.25, 0.3) is 0 Å². The molecule has 17 heavy (non-hydrogen) atoms. The molecule has 0 N–H and O–H groups in total. The van der Waals surface area contributed by atoms with Crippen LogP contribution in [0.1, 0.15) is 19.4 Å². The Morgan fingerprint density at radius 2 is 1.76 bits per heavy atom. The van der Waals surface area contributed by atoms with Crippen LogP contribution >= 0.6 is 11.8 Å². The van der Waals surface area contributed by atoms with E-state index in [1.807, 2.05) is 0 Å². The number of nitrogens with zero attached hydrogens (tertiary/aromatic N) is 1. The van der Waals surface area contributed by atoms with Gasteiger partial charge in [0, 0.05) is 24.5 Å². The van der Waals surface area contributed by atoms with E-state index in [1.54, 1.807) is 11.8 Å². The van der Waals surface area contributed by atoms with E-state index in [-0.39, 0.29) is 0 Å². The van der Waals surface area contributed by atoms with Gasteiger partial charge < -0.3 is 4.74 Å². The summed E-state index contributed by atoms with van der Waals surface area (Å²) in [6.07, 6.45) is 2.81. The fraction of sp³-hybridized carbons (Fsp3) is 0.571. The predicted octanol–water partition coefficient (Wildman–Crippen LogP) is 3.02. The highest BCUT2D eigenvalue weighted by molar-refractivity contribution is 7.98. The van der Waals surface area contributed by atoms with Crippen molar-refractivity contribution in [2.75, 3.05) is 19.3 Å². The maximum absolute atomic E-state index is 5.75. The van der Waals surface area contributed by atoms with Crippen LogP contribution in [0, 0.1) is 0 Å². The molecule has 1 aromatic carbocycles. The Kier molecular flexibility index (Phi) is 4.48. The topological polar surface area (TPSA) is 12.5 Å². The van der Waals surface area contributed by atoms with Crippen molar-refractivity contribution in [2.24, 2.45) is 0 Å². The Morgan fingerprint density at radius 3 is 2.29 bits per heavy atom. The van der Waals surface area contributed by atoms with Crippen molar-refractivity contribution in [2.45, 2.75) is 37.5 Å². The van der Waals surface area contributed by atoms with Gasteiger partial charge in [0.15, 0.2) is 0 Å². The minimum absolute atomic E-state index is 0.351. The average Bonchev–Trinajstić information content (AvgIpc) is 2.28. The van der Waals surface area contributed by atoms with Gasteiger partial charge in [-0.25, -0.2) is 0 Å². The van der Waals surface area contributed by atoms with Crippen LogP contribution in [0.5, 0.6) is 0 Å². The lowest BCUT2D eigenvalue weighted by atomic mass is 10.1. The maximum Gasteiger partial charge on any atom is 0.0678 e. The fourth-order valence-corrected chi connectivity index (χ4v) is 2.81. The molecule has 1 fully saturated rings. The van der Waals surface area contributed by atoms with Gasteiger partial charge in [-0.2, -0.15) is 0 Å². The molecule has 0 saturated carbocycles. The second-order valence-corrected chi connectivity index (χ2v) is 5.68. The van der Waals surface area contributed by atoms with Crippen molar-refractivity contribution in [3.63, 3.8) is 0 Å². The summed E-state index contributed by atoms with van der Waals surface area (Å²) in [4.78, 5) is 3.81. The van der Waals surface area contributed by atoms with Gasteiger partial charge in [0.05, 0.1) is 12.2 Å². The molecule has 0 radical (unpaired) electrons. The Bertz CT molecular complexity index is 342. The molecule has 0 spiro atoms. The van der Waals surface area contributed by atoms with E-state index in [2.05, 4.69) is 49.3 Å². The summed E-state index contributed by atoms with van der Waals surface area (Å²) >= 11 is 1.79. The van der Waals surface area contributed by atoms with Gasteiger partial charge in [-0.15, -0.1) is 11.8 Å². The molecule has 2 unspecified atom stereocenters. The summed E-state index contributed by atoms with van der Waals surface area (Å²) in [6.45, 7) is 7.41. The molecule has 0 aliphatic carbocycles. The lowest BCUT2D eigenvalue weighted by Crippen LogP contribution is -2.44. The van der Waals surface area contributed by atoms with Gasteiger partial charge in [0.25, 0.3) is 0 Å². The molecule has 1 heterocycles. The number of benzene rings is 1. The third-order valence-corrected chi connectivity index (χ3v) is 3.80. The molecule has 0 amide bonds. The SMILES string of the molecule is CSc1ccc(CN2CC(C)OC(C)C2)cc1. The molecule has 3 heteroatoms. The summed E-state index contributed by atoms with van der Waals surface area (Å²) in [6, 6.07) is 8.87. The van der Waals surface area contributed by atoms with Gasteiger partial charge in [0.2, 0.25) is 0 Å². The molecule has 0 aromatic heterocycles. The van der Waals surface area contributed by atoms with Crippen LogP contribution in [-0.4, -0.2) is 36.5 Å². The zero-order chi connectivity index (χ0) is 12.3. The highest BCUT2D eigenvalue weighted by Crippen LogP contribution is 2.18. The lowest BCUT2D eigenvalue weighted by Gasteiger charge is -2.35. The molecule has 1 aliphatic rings. The lowest BCUT2D eigenvalue weighted by molar-refractivity contribution is -0.0704. The predicted molar refractivity (Wildman–Crippen MR) is 73.5 cm³/mol. The minimum Gasteiger partial charge on any atom is -0.373 e.